The van der Waals surface area contributed by atoms with Crippen LogP contribution in [-0.2, 0) is 25.9 Å². The van der Waals surface area contributed by atoms with Crippen molar-refractivity contribution in [3.63, 3.8) is 0 Å². The highest BCUT2D eigenvalue weighted by atomic mass is 32.2. The molecule has 1 atom stereocenters. The van der Waals surface area contributed by atoms with Gasteiger partial charge in [0.2, 0.25) is 0 Å². The van der Waals surface area contributed by atoms with Crippen molar-refractivity contribution in [1.82, 2.24) is 4.57 Å². The minimum Gasteiger partial charge on any atom is -0.497 e. The second-order valence-corrected chi connectivity index (χ2v) is 10.3. The second-order valence-electron chi connectivity index (χ2n) is 7.82. The van der Waals surface area contributed by atoms with Gasteiger partial charge >= 0.3 is 5.97 Å². The molecule has 0 N–H and O–H groups in total. The molecule has 3 rings (SSSR count). The highest BCUT2D eigenvalue weighted by molar-refractivity contribution is 7.92. The number of carbonyl (C=O) groups is 1. The van der Waals surface area contributed by atoms with Crippen molar-refractivity contribution in [2.75, 3.05) is 20.0 Å². The first-order valence-corrected chi connectivity index (χ1v) is 12.1. The lowest BCUT2D eigenvalue weighted by Crippen LogP contribution is -2.45. The topological polar surface area (TPSA) is 91.7 Å². The third-order valence-corrected chi connectivity index (χ3v) is 7.76. The summed E-state index contributed by atoms with van der Waals surface area (Å²) < 4.78 is 34.5. The van der Waals surface area contributed by atoms with Crippen LogP contribution < -0.4 is 10.3 Å². The van der Waals surface area contributed by atoms with Gasteiger partial charge in [0.05, 0.1) is 13.7 Å². The van der Waals surface area contributed by atoms with Crippen LogP contribution in [0.4, 0.5) is 0 Å². The maximum Gasteiger partial charge on any atom is 0.327 e. The Kier molecular flexibility index (Phi) is 6.74. The van der Waals surface area contributed by atoms with Crippen molar-refractivity contribution in [3.8, 4) is 16.9 Å². The fourth-order valence-corrected chi connectivity index (χ4v) is 4.31. The van der Waals surface area contributed by atoms with Gasteiger partial charge in [-0.2, -0.15) is 0 Å². The third-order valence-electron chi connectivity index (χ3n) is 5.76. The lowest BCUT2D eigenvalue weighted by molar-refractivity contribution is -0.146. The molecule has 3 aromatic rings. The molecule has 1 aromatic heterocycles. The average molecular weight is 458 g/mol. The predicted octanol–water partition coefficient (Wildman–Crippen LogP) is 3.43. The maximum absolute atomic E-state index is 13.0. The van der Waals surface area contributed by atoms with E-state index < -0.39 is 20.6 Å². The molecule has 32 heavy (non-hydrogen) atoms. The monoisotopic (exact) mass is 457 g/mol. The summed E-state index contributed by atoms with van der Waals surface area (Å²) in [7, 11) is -2.14. The van der Waals surface area contributed by atoms with Gasteiger partial charge in [0.1, 0.15) is 5.75 Å². The van der Waals surface area contributed by atoms with Crippen molar-refractivity contribution in [3.05, 3.63) is 65.1 Å². The minimum atomic E-state index is -3.75. The third kappa shape index (κ3) is 4.55. The predicted molar refractivity (Wildman–Crippen MR) is 125 cm³/mol. The number of hydrogen-bond acceptors (Lipinski definition) is 6. The first-order valence-electron chi connectivity index (χ1n) is 10.2. The van der Waals surface area contributed by atoms with Crippen molar-refractivity contribution in [1.29, 1.82) is 0 Å². The summed E-state index contributed by atoms with van der Waals surface area (Å²) in [6, 6.07) is 15.0. The Morgan fingerprint density at radius 3 is 2.31 bits per heavy atom. The number of sulfone groups is 1. The Morgan fingerprint density at radius 1 is 1.06 bits per heavy atom. The molecule has 0 aliphatic carbocycles. The van der Waals surface area contributed by atoms with Crippen molar-refractivity contribution < 1.29 is 22.7 Å². The number of aryl methyl sites for hydroxylation is 1. The number of methoxy groups -OCH3 is 1. The summed E-state index contributed by atoms with van der Waals surface area (Å²) in [6.07, 6.45) is 2.56. The zero-order valence-electron chi connectivity index (χ0n) is 18.6. The number of ether oxygens (including phenoxy) is 2. The second kappa shape index (κ2) is 9.16. The van der Waals surface area contributed by atoms with Crippen LogP contribution in [0.5, 0.6) is 5.75 Å². The maximum atomic E-state index is 13.0. The minimum absolute atomic E-state index is 0.0669. The van der Waals surface area contributed by atoms with Gasteiger partial charge in [-0.15, -0.1) is 0 Å². The SMILES string of the molecule is CCOC(=O)[C@@](C)(CCn1ccc2cc(-c3ccc(OC)cc3)ccc2c1=O)S(C)(=O)=O. The molecule has 0 spiro atoms. The van der Waals surface area contributed by atoms with Gasteiger partial charge < -0.3 is 14.0 Å². The van der Waals surface area contributed by atoms with Crippen molar-refractivity contribution >= 4 is 26.6 Å². The summed E-state index contributed by atoms with van der Waals surface area (Å²) in [5, 5.41) is 1.29. The molecular weight excluding hydrogens is 430 g/mol. The van der Waals surface area contributed by atoms with Crippen molar-refractivity contribution in [2.45, 2.75) is 31.6 Å². The molecule has 0 aliphatic rings. The number of fused-ring (bicyclic) bond motifs is 1. The number of hydrogen-bond donors (Lipinski definition) is 0. The number of pyridine rings is 1. The zero-order valence-corrected chi connectivity index (χ0v) is 19.4. The molecule has 0 fully saturated rings. The van der Waals surface area contributed by atoms with E-state index in [-0.39, 0.29) is 25.1 Å². The number of aromatic nitrogens is 1. The lowest BCUT2D eigenvalue weighted by Gasteiger charge is -2.25. The Labute approximate surface area is 187 Å². The molecule has 8 heteroatoms. The van der Waals surface area contributed by atoms with E-state index in [1.165, 1.54) is 11.5 Å². The van der Waals surface area contributed by atoms with Gasteiger partial charge in [0.15, 0.2) is 14.6 Å². The fourth-order valence-electron chi connectivity index (χ4n) is 3.48. The Balaban J connectivity index is 1.91. The van der Waals surface area contributed by atoms with E-state index in [9.17, 15) is 18.0 Å². The van der Waals surface area contributed by atoms with E-state index in [0.29, 0.717) is 5.39 Å². The highest BCUT2D eigenvalue weighted by Crippen LogP contribution is 2.26. The van der Waals surface area contributed by atoms with Gasteiger partial charge in [0, 0.05) is 24.4 Å². The number of esters is 1. The van der Waals surface area contributed by atoms with Crippen LogP contribution in [0.15, 0.2) is 59.5 Å². The number of benzene rings is 2. The number of nitrogens with zero attached hydrogens (tertiary/aromatic N) is 1. The van der Waals surface area contributed by atoms with Gasteiger partial charge in [-0.25, -0.2) is 8.42 Å². The summed E-state index contributed by atoms with van der Waals surface area (Å²) in [5.41, 5.74) is 1.71. The van der Waals surface area contributed by atoms with Crippen LogP contribution in [0.1, 0.15) is 20.3 Å². The van der Waals surface area contributed by atoms with Crippen LogP contribution in [0.25, 0.3) is 21.9 Å². The van der Waals surface area contributed by atoms with E-state index in [1.54, 1.807) is 26.3 Å². The summed E-state index contributed by atoms with van der Waals surface area (Å²) in [5.74, 6) is -0.0400. The molecule has 2 aromatic carbocycles. The summed E-state index contributed by atoms with van der Waals surface area (Å²) in [6.45, 7) is 3.11. The van der Waals surface area contributed by atoms with Gasteiger partial charge in [-0.3, -0.25) is 9.59 Å². The standard InChI is InChI=1S/C24H27NO6S/c1-5-31-23(27)24(2,32(4,28)29)13-15-25-14-12-19-16-18(8-11-21(19)22(25)26)17-6-9-20(30-3)10-7-17/h6-12,14,16H,5,13,15H2,1-4H3/t24-/m1/s1. The Morgan fingerprint density at radius 2 is 1.72 bits per heavy atom. The van der Waals surface area contributed by atoms with E-state index in [4.69, 9.17) is 9.47 Å². The molecule has 170 valence electrons. The highest BCUT2D eigenvalue weighted by Gasteiger charge is 2.44. The van der Waals surface area contributed by atoms with Crippen molar-refractivity contribution in [2.24, 2.45) is 0 Å². The molecule has 0 aliphatic heterocycles. The van der Waals surface area contributed by atoms with E-state index in [1.807, 2.05) is 42.5 Å². The molecule has 0 saturated carbocycles. The molecule has 7 nitrogen and oxygen atoms in total. The normalized spacial score (nSPS) is 13.5. The van der Waals surface area contributed by atoms with Gasteiger partial charge in [0.25, 0.3) is 5.56 Å². The Bertz CT molecular complexity index is 1290. The molecule has 0 unspecified atom stereocenters. The largest absolute Gasteiger partial charge is 0.497 e. The average Bonchev–Trinajstić information content (AvgIpc) is 2.77. The molecular formula is C24H27NO6S. The first-order chi connectivity index (χ1) is 15.1. The Hall–Kier alpha value is -3.13. The van der Waals surface area contributed by atoms with E-state index in [0.717, 1.165) is 28.5 Å². The van der Waals surface area contributed by atoms with Crippen LogP contribution in [0, 0.1) is 0 Å². The molecule has 1 heterocycles. The van der Waals surface area contributed by atoms with Crippen LogP contribution >= 0.6 is 0 Å². The quantitative estimate of drug-likeness (QED) is 0.481. The molecule has 0 saturated heterocycles. The molecule has 0 amide bonds. The summed E-state index contributed by atoms with van der Waals surface area (Å²) in [4.78, 5) is 25.3. The fraction of sp³-hybridized carbons (Fsp3) is 0.333. The number of carbonyl (C=O) groups excluding carboxylic acids is 1. The zero-order chi connectivity index (χ0) is 23.5. The van der Waals surface area contributed by atoms with Gasteiger partial charge in [-0.05, 0) is 67.1 Å². The molecule has 0 radical (unpaired) electrons. The van der Waals surface area contributed by atoms with E-state index in [2.05, 4.69) is 0 Å². The summed E-state index contributed by atoms with van der Waals surface area (Å²) >= 11 is 0. The van der Waals surface area contributed by atoms with Gasteiger partial charge in [-0.1, -0.05) is 18.2 Å². The lowest BCUT2D eigenvalue weighted by atomic mass is 10.0. The smallest absolute Gasteiger partial charge is 0.327 e. The van der Waals surface area contributed by atoms with Crippen LogP contribution in [0.2, 0.25) is 0 Å². The van der Waals surface area contributed by atoms with Crippen LogP contribution in [-0.4, -0.2) is 43.7 Å². The van der Waals surface area contributed by atoms with Crippen LogP contribution in [0.3, 0.4) is 0 Å². The van der Waals surface area contributed by atoms with E-state index >= 15 is 0 Å². The molecule has 0 bridgehead atoms. The first kappa shape index (κ1) is 23.5. The number of rotatable bonds is 8.